The third-order valence-corrected chi connectivity index (χ3v) is 8.44. The van der Waals surface area contributed by atoms with Gasteiger partial charge in [-0.2, -0.15) is 0 Å². The Morgan fingerprint density at radius 2 is 1.83 bits per heavy atom. The summed E-state index contributed by atoms with van der Waals surface area (Å²) in [6.45, 7) is 2.04. The predicted molar refractivity (Wildman–Crippen MR) is 120 cm³/mol. The average molecular weight is 462 g/mol. The Morgan fingerprint density at radius 3 is 2.48 bits per heavy atom. The van der Waals surface area contributed by atoms with Gasteiger partial charge < -0.3 is 0 Å². The Labute approximate surface area is 179 Å². The predicted octanol–water partition coefficient (Wildman–Crippen LogP) is 5.29. The Bertz CT molecular complexity index is 1240. The molecule has 0 aliphatic rings. The molecule has 0 aliphatic carbocycles. The molecule has 0 spiro atoms. The van der Waals surface area contributed by atoms with E-state index in [1.165, 1.54) is 22.3 Å². The second-order valence-corrected chi connectivity index (χ2v) is 11.0. The van der Waals surface area contributed by atoms with Crippen molar-refractivity contribution in [3.8, 4) is 10.6 Å². The van der Waals surface area contributed by atoms with Crippen molar-refractivity contribution in [2.75, 3.05) is 10.0 Å². The van der Waals surface area contributed by atoms with Gasteiger partial charge in [-0.15, -0.1) is 34.0 Å². The second-order valence-electron chi connectivity index (χ2n) is 6.02. The molecule has 0 aliphatic heterocycles. The minimum Gasteiger partial charge on any atom is -0.298 e. The summed E-state index contributed by atoms with van der Waals surface area (Å²) in [5, 5.41) is 6.90. The van der Waals surface area contributed by atoms with Gasteiger partial charge in [0.25, 0.3) is 15.9 Å². The summed E-state index contributed by atoms with van der Waals surface area (Å²) >= 11 is 4.15. The van der Waals surface area contributed by atoms with E-state index in [0.29, 0.717) is 16.4 Å². The standard InChI is InChI=1S/C19H15N3O3S4/c1-12-4-9-16(28-12)15-11-27-19(20-15)21-18(23)13-5-7-14(8-6-13)22-29(24,25)17-3-2-10-26-17/h2-11,22H,1H3,(H,20,21,23). The number of carbonyl (C=O) groups is 1. The highest BCUT2D eigenvalue weighted by Gasteiger charge is 2.16. The highest BCUT2D eigenvalue weighted by atomic mass is 32.2. The maximum absolute atomic E-state index is 12.5. The number of benzene rings is 1. The molecule has 0 radical (unpaired) electrons. The first-order valence-electron chi connectivity index (χ1n) is 8.41. The molecule has 0 atom stereocenters. The molecule has 6 nitrogen and oxygen atoms in total. The first-order valence-corrected chi connectivity index (χ1v) is 12.5. The van der Waals surface area contributed by atoms with Gasteiger partial charge in [-0.1, -0.05) is 6.07 Å². The number of thiazole rings is 1. The molecule has 10 heteroatoms. The molecule has 4 aromatic rings. The van der Waals surface area contributed by atoms with E-state index in [1.54, 1.807) is 47.0 Å². The molecule has 2 N–H and O–H groups in total. The van der Waals surface area contributed by atoms with Crippen molar-refractivity contribution >= 4 is 60.8 Å². The number of sulfonamides is 1. The molecule has 1 amide bonds. The maximum Gasteiger partial charge on any atom is 0.271 e. The van der Waals surface area contributed by atoms with Gasteiger partial charge in [0.2, 0.25) is 0 Å². The van der Waals surface area contributed by atoms with Gasteiger partial charge in [-0.3, -0.25) is 14.8 Å². The smallest absolute Gasteiger partial charge is 0.271 e. The Hall–Kier alpha value is -2.53. The molecule has 29 heavy (non-hydrogen) atoms. The number of nitrogens with one attached hydrogen (secondary N) is 2. The van der Waals surface area contributed by atoms with E-state index in [2.05, 4.69) is 15.0 Å². The molecular weight excluding hydrogens is 446 g/mol. The maximum atomic E-state index is 12.5. The van der Waals surface area contributed by atoms with Crippen molar-refractivity contribution in [1.82, 2.24) is 4.98 Å². The average Bonchev–Trinajstić information content (AvgIpc) is 3.43. The van der Waals surface area contributed by atoms with Crippen LogP contribution in [0.25, 0.3) is 10.6 Å². The summed E-state index contributed by atoms with van der Waals surface area (Å²) in [5.41, 5.74) is 1.63. The molecule has 3 aromatic heterocycles. The van der Waals surface area contributed by atoms with Crippen molar-refractivity contribution in [2.24, 2.45) is 0 Å². The fraction of sp³-hybridized carbons (Fsp3) is 0.0526. The molecule has 0 unspecified atom stereocenters. The van der Waals surface area contributed by atoms with E-state index in [9.17, 15) is 13.2 Å². The third-order valence-electron chi connectivity index (χ3n) is 3.88. The van der Waals surface area contributed by atoms with Crippen molar-refractivity contribution in [2.45, 2.75) is 11.1 Å². The number of aromatic nitrogens is 1. The van der Waals surface area contributed by atoms with Crippen molar-refractivity contribution in [3.63, 3.8) is 0 Å². The van der Waals surface area contributed by atoms with E-state index < -0.39 is 10.0 Å². The number of carbonyl (C=O) groups excluding carboxylic acids is 1. The van der Waals surface area contributed by atoms with Crippen molar-refractivity contribution < 1.29 is 13.2 Å². The minimum absolute atomic E-state index is 0.236. The van der Waals surface area contributed by atoms with Crippen LogP contribution in [-0.4, -0.2) is 19.3 Å². The molecule has 0 bridgehead atoms. The summed E-state index contributed by atoms with van der Waals surface area (Å²) in [5.74, 6) is -0.305. The van der Waals surface area contributed by atoms with Gasteiger partial charge in [0.15, 0.2) is 5.13 Å². The zero-order valence-electron chi connectivity index (χ0n) is 15.1. The number of hydrogen-bond acceptors (Lipinski definition) is 7. The largest absolute Gasteiger partial charge is 0.298 e. The van der Waals surface area contributed by atoms with Crippen LogP contribution in [0.5, 0.6) is 0 Å². The van der Waals surface area contributed by atoms with Gasteiger partial charge in [-0.05, 0) is 54.8 Å². The van der Waals surface area contributed by atoms with Crippen LogP contribution < -0.4 is 10.0 Å². The lowest BCUT2D eigenvalue weighted by Crippen LogP contribution is -2.13. The van der Waals surface area contributed by atoms with E-state index in [1.807, 2.05) is 24.4 Å². The Kier molecular flexibility index (Phi) is 5.50. The first-order chi connectivity index (χ1) is 13.9. The van der Waals surface area contributed by atoms with Crippen LogP contribution in [0.1, 0.15) is 15.2 Å². The van der Waals surface area contributed by atoms with Gasteiger partial charge in [-0.25, -0.2) is 13.4 Å². The quantitative estimate of drug-likeness (QED) is 0.408. The number of nitrogens with zero attached hydrogens (tertiary/aromatic N) is 1. The van der Waals surface area contributed by atoms with Gasteiger partial charge in [0, 0.05) is 21.5 Å². The van der Waals surface area contributed by atoms with Gasteiger partial charge in [0.1, 0.15) is 4.21 Å². The topological polar surface area (TPSA) is 88.2 Å². The molecule has 0 saturated heterocycles. The molecule has 4 rings (SSSR count). The lowest BCUT2D eigenvalue weighted by Gasteiger charge is -2.07. The lowest BCUT2D eigenvalue weighted by atomic mass is 10.2. The summed E-state index contributed by atoms with van der Waals surface area (Å²) in [6, 6.07) is 13.5. The van der Waals surface area contributed by atoms with Gasteiger partial charge in [0.05, 0.1) is 10.6 Å². The molecule has 1 aromatic carbocycles. The number of hydrogen-bond donors (Lipinski definition) is 2. The summed E-state index contributed by atoms with van der Waals surface area (Å²) < 4.78 is 27.3. The normalized spacial score (nSPS) is 11.3. The zero-order chi connectivity index (χ0) is 20.4. The fourth-order valence-corrected chi connectivity index (χ4v) is 6.16. The monoisotopic (exact) mass is 461 g/mol. The SMILES string of the molecule is Cc1ccc(-c2csc(NC(=O)c3ccc(NS(=O)(=O)c4cccs4)cc3)n2)s1. The van der Waals surface area contributed by atoms with Crippen LogP contribution in [-0.2, 0) is 10.0 Å². The molecule has 3 heterocycles. The second kappa shape index (κ2) is 8.07. The highest BCUT2D eigenvalue weighted by molar-refractivity contribution is 7.94. The van der Waals surface area contributed by atoms with Crippen LogP contribution >= 0.6 is 34.0 Å². The first kappa shape index (κ1) is 19.8. The Balaban J connectivity index is 1.43. The van der Waals surface area contributed by atoms with Crippen LogP contribution in [0.2, 0.25) is 0 Å². The van der Waals surface area contributed by atoms with Crippen LogP contribution in [0.15, 0.2) is 63.5 Å². The fourth-order valence-electron chi connectivity index (χ4n) is 2.50. The molecule has 0 saturated carbocycles. The van der Waals surface area contributed by atoms with E-state index in [-0.39, 0.29) is 10.1 Å². The van der Waals surface area contributed by atoms with E-state index in [0.717, 1.165) is 21.9 Å². The van der Waals surface area contributed by atoms with Crippen molar-refractivity contribution in [1.29, 1.82) is 0 Å². The lowest BCUT2D eigenvalue weighted by molar-refractivity contribution is 0.102. The highest BCUT2D eigenvalue weighted by Crippen LogP contribution is 2.30. The third kappa shape index (κ3) is 4.56. The minimum atomic E-state index is -3.61. The zero-order valence-corrected chi connectivity index (χ0v) is 18.3. The number of anilines is 2. The van der Waals surface area contributed by atoms with Crippen LogP contribution in [0.3, 0.4) is 0 Å². The van der Waals surface area contributed by atoms with Crippen LogP contribution in [0.4, 0.5) is 10.8 Å². The summed E-state index contributed by atoms with van der Waals surface area (Å²) in [4.78, 5) is 19.2. The number of rotatable bonds is 6. The Morgan fingerprint density at radius 1 is 1.03 bits per heavy atom. The molecular formula is C19H15N3O3S4. The molecule has 148 valence electrons. The number of aryl methyl sites for hydroxylation is 1. The summed E-state index contributed by atoms with van der Waals surface area (Å²) in [6.07, 6.45) is 0. The van der Waals surface area contributed by atoms with E-state index in [4.69, 9.17) is 0 Å². The van der Waals surface area contributed by atoms with Crippen LogP contribution in [0, 0.1) is 6.92 Å². The number of thiophene rings is 2. The summed E-state index contributed by atoms with van der Waals surface area (Å²) in [7, 11) is -3.61. The number of amides is 1. The molecule has 0 fully saturated rings. The van der Waals surface area contributed by atoms with E-state index >= 15 is 0 Å². The van der Waals surface area contributed by atoms with Gasteiger partial charge >= 0.3 is 0 Å². The van der Waals surface area contributed by atoms with Crippen molar-refractivity contribution in [3.05, 3.63) is 69.7 Å².